The Morgan fingerprint density at radius 2 is 1.73 bits per heavy atom. The molecule has 0 aromatic heterocycles. The molecular formula is C17H23N3O2. The van der Waals surface area contributed by atoms with Gasteiger partial charge in [0.05, 0.1) is 6.04 Å². The second-order valence-corrected chi connectivity index (χ2v) is 5.43. The van der Waals surface area contributed by atoms with Crippen LogP contribution < -0.4 is 16.4 Å². The Morgan fingerprint density at radius 3 is 2.55 bits per heavy atom. The van der Waals surface area contributed by atoms with Crippen LogP contribution in [0.3, 0.4) is 0 Å². The van der Waals surface area contributed by atoms with E-state index in [1.165, 1.54) is 0 Å². The molecule has 0 saturated heterocycles. The van der Waals surface area contributed by atoms with E-state index in [4.69, 9.17) is 5.73 Å². The van der Waals surface area contributed by atoms with Crippen LogP contribution in [0, 0.1) is 0 Å². The van der Waals surface area contributed by atoms with E-state index in [1.54, 1.807) is 0 Å². The molecule has 5 nitrogen and oxygen atoms in total. The number of nitrogens with two attached hydrogens (primary N) is 1. The summed E-state index contributed by atoms with van der Waals surface area (Å²) >= 11 is 0. The molecule has 0 spiro atoms. The van der Waals surface area contributed by atoms with Gasteiger partial charge in [0.1, 0.15) is 0 Å². The Labute approximate surface area is 131 Å². The van der Waals surface area contributed by atoms with E-state index in [0.29, 0.717) is 31.5 Å². The highest BCUT2D eigenvalue weighted by Gasteiger charge is 2.12. The van der Waals surface area contributed by atoms with E-state index in [-0.39, 0.29) is 11.8 Å². The quantitative estimate of drug-likeness (QED) is 0.628. The zero-order valence-electron chi connectivity index (χ0n) is 12.7. The number of allylic oxidation sites excluding steroid dienone is 1. The van der Waals surface area contributed by atoms with Crippen molar-refractivity contribution in [1.29, 1.82) is 0 Å². The lowest BCUT2D eigenvalue weighted by atomic mass is 10.0. The van der Waals surface area contributed by atoms with E-state index in [0.717, 1.165) is 18.4 Å². The first-order valence-electron chi connectivity index (χ1n) is 7.73. The molecule has 1 atom stereocenters. The molecule has 2 rings (SSSR count). The van der Waals surface area contributed by atoms with E-state index >= 15 is 0 Å². The van der Waals surface area contributed by atoms with Crippen molar-refractivity contribution in [2.24, 2.45) is 5.73 Å². The predicted molar refractivity (Wildman–Crippen MR) is 86.5 cm³/mol. The predicted octanol–water partition coefficient (Wildman–Crippen LogP) is 1.14. The molecule has 0 saturated carbocycles. The highest BCUT2D eigenvalue weighted by molar-refractivity contribution is 5.95. The van der Waals surface area contributed by atoms with Crippen molar-refractivity contribution in [3.63, 3.8) is 0 Å². The van der Waals surface area contributed by atoms with Gasteiger partial charge in [0, 0.05) is 18.7 Å². The van der Waals surface area contributed by atoms with Gasteiger partial charge in [-0.1, -0.05) is 30.4 Å². The van der Waals surface area contributed by atoms with Crippen molar-refractivity contribution in [2.45, 2.75) is 31.7 Å². The summed E-state index contributed by atoms with van der Waals surface area (Å²) in [6.45, 7) is 1.19. The number of hydrogen-bond donors (Lipinski definition) is 3. The van der Waals surface area contributed by atoms with Crippen molar-refractivity contribution in [3.05, 3.63) is 47.5 Å². The van der Waals surface area contributed by atoms with Crippen LogP contribution in [0.1, 0.15) is 35.2 Å². The van der Waals surface area contributed by atoms with Gasteiger partial charge < -0.3 is 16.4 Å². The van der Waals surface area contributed by atoms with Crippen LogP contribution in [0.5, 0.6) is 0 Å². The number of benzene rings is 1. The fraction of sp³-hybridized carbons (Fsp3) is 0.412. The van der Waals surface area contributed by atoms with Gasteiger partial charge in [0.25, 0.3) is 5.91 Å². The third-order valence-corrected chi connectivity index (χ3v) is 3.68. The Hall–Kier alpha value is -2.14. The molecule has 5 heteroatoms. The molecule has 1 aliphatic heterocycles. The second kappa shape index (κ2) is 8.34. The molecule has 0 aliphatic carbocycles. The van der Waals surface area contributed by atoms with Crippen LogP contribution in [0.2, 0.25) is 0 Å². The van der Waals surface area contributed by atoms with E-state index in [2.05, 4.69) is 10.6 Å². The van der Waals surface area contributed by atoms with Crippen molar-refractivity contribution in [2.75, 3.05) is 13.1 Å². The molecular weight excluding hydrogens is 278 g/mol. The van der Waals surface area contributed by atoms with Crippen molar-refractivity contribution >= 4 is 11.8 Å². The number of carbonyl (C=O) groups excluding carboxylic acids is 2. The maximum absolute atomic E-state index is 12.2. The zero-order valence-corrected chi connectivity index (χ0v) is 12.7. The molecule has 1 aromatic carbocycles. The molecule has 0 bridgehead atoms. The molecule has 1 heterocycles. The molecule has 1 aliphatic rings. The third-order valence-electron chi connectivity index (χ3n) is 3.68. The number of nitrogens with one attached hydrogen (secondary N) is 2. The summed E-state index contributed by atoms with van der Waals surface area (Å²) in [5.74, 6) is -0.163. The highest BCUT2D eigenvalue weighted by Crippen LogP contribution is 2.10. The summed E-state index contributed by atoms with van der Waals surface area (Å²) < 4.78 is 0. The third kappa shape index (κ3) is 4.70. The Kier molecular flexibility index (Phi) is 6.15. The molecule has 4 N–H and O–H groups in total. The largest absolute Gasteiger partial charge is 0.355 e. The van der Waals surface area contributed by atoms with Crippen LogP contribution in [-0.4, -0.2) is 30.9 Å². The summed E-state index contributed by atoms with van der Waals surface area (Å²) in [7, 11) is 0. The summed E-state index contributed by atoms with van der Waals surface area (Å²) in [5.41, 5.74) is 7.53. The van der Waals surface area contributed by atoms with E-state index in [9.17, 15) is 9.59 Å². The molecule has 1 aromatic rings. The molecule has 0 fully saturated rings. The minimum absolute atomic E-state index is 0.0420. The fourth-order valence-corrected chi connectivity index (χ4v) is 2.37. The first-order valence-corrected chi connectivity index (χ1v) is 7.73. The van der Waals surface area contributed by atoms with Crippen molar-refractivity contribution < 1.29 is 9.59 Å². The minimum atomic E-state index is -0.517. The summed E-state index contributed by atoms with van der Waals surface area (Å²) in [5, 5.41) is 5.75. The zero-order chi connectivity index (χ0) is 15.8. The monoisotopic (exact) mass is 301 g/mol. The SMILES string of the molecule is NC1C/C=C\Cc2ccccc2C(=O)NCCCCNC1=O. The van der Waals surface area contributed by atoms with Crippen LogP contribution in [0.4, 0.5) is 0 Å². The number of amides is 2. The average Bonchev–Trinajstić information content (AvgIpc) is 2.54. The Bertz CT molecular complexity index is 555. The Morgan fingerprint density at radius 1 is 1.00 bits per heavy atom. The molecule has 118 valence electrons. The van der Waals surface area contributed by atoms with Gasteiger partial charge in [-0.25, -0.2) is 0 Å². The maximum Gasteiger partial charge on any atom is 0.251 e. The molecule has 2 amide bonds. The lowest BCUT2D eigenvalue weighted by molar-refractivity contribution is -0.122. The van der Waals surface area contributed by atoms with Crippen LogP contribution in [-0.2, 0) is 11.2 Å². The summed E-state index contributed by atoms with van der Waals surface area (Å²) in [4.78, 5) is 24.0. The van der Waals surface area contributed by atoms with Gasteiger partial charge in [0.15, 0.2) is 0 Å². The number of hydrogen-bond acceptors (Lipinski definition) is 3. The average molecular weight is 301 g/mol. The lowest BCUT2D eigenvalue weighted by Crippen LogP contribution is -2.40. The second-order valence-electron chi connectivity index (χ2n) is 5.43. The molecule has 22 heavy (non-hydrogen) atoms. The first kappa shape index (κ1) is 16.2. The van der Waals surface area contributed by atoms with Gasteiger partial charge in [0.2, 0.25) is 5.91 Å². The fourth-order valence-electron chi connectivity index (χ4n) is 2.37. The topological polar surface area (TPSA) is 84.2 Å². The van der Waals surface area contributed by atoms with Gasteiger partial charge in [-0.2, -0.15) is 0 Å². The lowest BCUT2D eigenvalue weighted by Gasteiger charge is -2.10. The first-order chi connectivity index (χ1) is 10.7. The van der Waals surface area contributed by atoms with Gasteiger partial charge in [-0.3, -0.25) is 9.59 Å². The van der Waals surface area contributed by atoms with Gasteiger partial charge in [-0.15, -0.1) is 0 Å². The summed E-state index contributed by atoms with van der Waals surface area (Å²) in [6, 6.07) is 7.07. The van der Waals surface area contributed by atoms with E-state index in [1.807, 2.05) is 36.4 Å². The molecule has 1 unspecified atom stereocenters. The minimum Gasteiger partial charge on any atom is -0.355 e. The van der Waals surface area contributed by atoms with Crippen LogP contribution in [0.15, 0.2) is 36.4 Å². The van der Waals surface area contributed by atoms with Crippen LogP contribution in [0.25, 0.3) is 0 Å². The normalized spacial score (nSPS) is 22.5. The maximum atomic E-state index is 12.2. The highest BCUT2D eigenvalue weighted by atomic mass is 16.2. The van der Waals surface area contributed by atoms with Gasteiger partial charge in [-0.05, 0) is 37.3 Å². The smallest absolute Gasteiger partial charge is 0.251 e. The van der Waals surface area contributed by atoms with E-state index < -0.39 is 6.04 Å². The summed E-state index contributed by atoms with van der Waals surface area (Å²) in [6.07, 6.45) is 6.65. The van der Waals surface area contributed by atoms with Crippen molar-refractivity contribution in [1.82, 2.24) is 10.6 Å². The Balaban J connectivity index is 2.11. The van der Waals surface area contributed by atoms with Crippen LogP contribution >= 0.6 is 0 Å². The number of rotatable bonds is 0. The number of fused-ring (bicyclic) bond motifs is 1. The van der Waals surface area contributed by atoms with Gasteiger partial charge >= 0.3 is 0 Å². The molecule has 0 radical (unpaired) electrons. The van der Waals surface area contributed by atoms with Crippen molar-refractivity contribution in [3.8, 4) is 0 Å². The number of carbonyl (C=O) groups is 2. The standard InChI is InChI=1S/C17H23N3O2/c18-15-10-4-2-8-13-7-1-3-9-14(13)16(21)19-11-5-6-12-20-17(15)22/h1-4,7,9,15H,5-6,8,10-12,18H2,(H,19,21)(H,20,22)/b4-2-.